The number of fused-ring (bicyclic) bond motifs is 1. The molecule has 0 bridgehead atoms. The first-order valence-corrected chi connectivity index (χ1v) is 13.4. The number of nitrogens with one attached hydrogen (secondary N) is 1. The Hall–Kier alpha value is -2.06. The van der Waals surface area contributed by atoms with Gasteiger partial charge in [-0.25, -0.2) is 0 Å². The normalized spacial score (nSPS) is 25.5. The van der Waals surface area contributed by atoms with Crippen molar-refractivity contribution in [1.29, 1.82) is 0 Å². The number of nitrogens with zero attached hydrogens (tertiary/aromatic N) is 3. The SMILES string of the molecule is O=C1Nc2ccccc2SC1C(=O)N1CCC(C(=O)N2CCN(C3CCCCC3)CC2)CC1. The Morgan fingerprint density at radius 3 is 2.21 bits per heavy atom. The van der Waals surface area contributed by atoms with Crippen molar-refractivity contribution in [2.24, 2.45) is 5.92 Å². The monoisotopic (exact) mass is 470 g/mol. The largest absolute Gasteiger partial charge is 0.341 e. The number of thioether (sulfide) groups is 1. The summed E-state index contributed by atoms with van der Waals surface area (Å²) >= 11 is 1.33. The van der Waals surface area contributed by atoms with E-state index in [0.717, 1.165) is 36.8 Å². The van der Waals surface area contributed by atoms with Crippen molar-refractivity contribution in [1.82, 2.24) is 14.7 Å². The van der Waals surface area contributed by atoms with E-state index in [1.807, 2.05) is 29.2 Å². The third-order valence-electron chi connectivity index (χ3n) is 7.73. The van der Waals surface area contributed by atoms with Gasteiger partial charge in [0.05, 0.1) is 5.69 Å². The van der Waals surface area contributed by atoms with Crippen molar-refractivity contribution in [3.05, 3.63) is 24.3 Å². The second kappa shape index (κ2) is 10.1. The van der Waals surface area contributed by atoms with Crippen LogP contribution in [0.15, 0.2) is 29.2 Å². The van der Waals surface area contributed by atoms with Crippen molar-refractivity contribution in [3.63, 3.8) is 0 Å². The number of para-hydroxylation sites is 1. The number of piperazine rings is 1. The molecule has 8 heteroatoms. The van der Waals surface area contributed by atoms with Gasteiger partial charge in [0.1, 0.15) is 0 Å². The molecule has 1 unspecified atom stereocenters. The maximum atomic E-state index is 13.1. The molecule has 3 amide bonds. The smallest absolute Gasteiger partial charge is 0.247 e. The van der Waals surface area contributed by atoms with Gasteiger partial charge in [-0.15, -0.1) is 11.8 Å². The standard InChI is InChI=1S/C25H34N4O3S/c30-23-22(33-21-9-5-4-8-20(21)26-23)25(32)28-12-10-18(11-13-28)24(31)29-16-14-27(15-17-29)19-6-2-1-3-7-19/h4-5,8-9,18-19,22H,1-3,6-7,10-17H2,(H,26,30). The van der Waals surface area contributed by atoms with Crippen LogP contribution in [0, 0.1) is 5.92 Å². The van der Waals surface area contributed by atoms with Crippen LogP contribution < -0.4 is 5.32 Å². The summed E-state index contributed by atoms with van der Waals surface area (Å²) in [6.45, 7) is 4.72. The number of amides is 3. The molecule has 2 saturated heterocycles. The Morgan fingerprint density at radius 1 is 0.818 bits per heavy atom. The molecule has 0 radical (unpaired) electrons. The Bertz CT molecular complexity index is 887. The quantitative estimate of drug-likeness (QED) is 0.688. The highest BCUT2D eigenvalue weighted by molar-refractivity contribution is 8.01. The fourth-order valence-corrected chi connectivity index (χ4v) is 6.81. The minimum atomic E-state index is -0.750. The second-order valence-electron chi connectivity index (χ2n) is 9.74. The molecular weight excluding hydrogens is 436 g/mol. The van der Waals surface area contributed by atoms with Crippen LogP contribution in [-0.2, 0) is 14.4 Å². The predicted octanol–water partition coefficient (Wildman–Crippen LogP) is 2.81. The maximum absolute atomic E-state index is 13.1. The molecule has 1 saturated carbocycles. The number of carbonyl (C=O) groups excluding carboxylic acids is 3. The Labute approximate surface area is 200 Å². The molecule has 1 aliphatic carbocycles. The van der Waals surface area contributed by atoms with Crippen molar-refractivity contribution >= 4 is 35.2 Å². The highest BCUT2D eigenvalue weighted by Crippen LogP contribution is 2.36. The van der Waals surface area contributed by atoms with Crippen LogP contribution in [0.3, 0.4) is 0 Å². The van der Waals surface area contributed by atoms with Gasteiger partial charge in [-0.05, 0) is 37.8 Å². The fourth-order valence-electron chi connectivity index (χ4n) is 5.74. The summed E-state index contributed by atoms with van der Waals surface area (Å²) < 4.78 is 0. The molecule has 33 heavy (non-hydrogen) atoms. The molecule has 1 N–H and O–H groups in total. The van der Waals surface area contributed by atoms with E-state index in [-0.39, 0.29) is 23.6 Å². The number of hydrogen-bond donors (Lipinski definition) is 1. The minimum absolute atomic E-state index is 0.0103. The van der Waals surface area contributed by atoms with Gasteiger partial charge in [0.25, 0.3) is 0 Å². The van der Waals surface area contributed by atoms with Crippen LogP contribution in [0.25, 0.3) is 0 Å². The van der Waals surface area contributed by atoms with Gasteiger partial charge in [-0.1, -0.05) is 31.4 Å². The van der Waals surface area contributed by atoms with Gasteiger partial charge >= 0.3 is 0 Å². The lowest BCUT2D eigenvalue weighted by molar-refractivity contribution is -0.143. The van der Waals surface area contributed by atoms with Crippen LogP contribution in [0.2, 0.25) is 0 Å². The molecule has 1 aromatic carbocycles. The number of anilines is 1. The minimum Gasteiger partial charge on any atom is -0.341 e. The molecule has 5 rings (SSSR count). The average molecular weight is 471 g/mol. The van der Waals surface area contributed by atoms with E-state index in [2.05, 4.69) is 10.2 Å². The van der Waals surface area contributed by atoms with Crippen molar-refractivity contribution < 1.29 is 14.4 Å². The van der Waals surface area contributed by atoms with Crippen LogP contribution in [0.5, 0.6) is 0 Å². The summed E-state index contributed by atoms with van der Waals surface area (Å²) in [6.07, 6.45) is 8.04. The zero-order valence-corrected chi connectivity index (χ0v) is 20.0. The van der Waals surface area contributed by atoms with Gasteiger partial charge < -0.3 is 15.1 Å². The molecule has 0 spiro atoms. The lowest BCUT2D eigenvalue weighted by Gasteiger charge is -2.42. The number of carbonyl (C=O) groups is 3. The molecule has 1 aromatic rings. The van der Waals surface area contributed by atoms with Crippen molar-refractivity contribution in [2.45, 2.75) is 61.1 Å². The summed E-state index contributed by atoms with van der Waals surface area (Å²) in [7, 11) is 0. The first kappa shape index (κ1) is 22.7. The van der Waals surface area contributed by atoms with Crippen molar-refractivity contribution in [3.8, 4) is 0 Å². The first-order valence-electron chi connectivity index (χ1n) is 12.5. The number of likely N-dealkylation sites (tertiary alicyclic amines) is 1. The van der Waals surface area contributed by atoms with E-state index in [1.165, 1.54) is 43.9 Å². The summed E-state index contributed by atoms with van der Waals surface area (Å²) in [4.78, 5) is 46.1. The molecule has 4 aliphatic rings. The molecule has 0 aromatic heterocycles. The average Bonchev–Trinajstić information content (AvgIpc) is 2.88. The van der Waals surface area contributed by atoms with Crippen molar-refractivity contribution in [2.75, 3.05) is 44.6 Å². The number of benzene rings is 1. The summed E-state index contributed by atoms with van der Waals surface area (Å²) in [5.74, 6) is -0.148. The van der Waals surface area contributed by atoms with Gasteiger partial charge in [-0.2, -0.15) is 0 Å². The summed E-state index contributed by atoms with van der Waals surface area (Å²) in [5, 5.41) is 2.11. The highest BCUT2D eigenvalue weighted by Gasteiger charge is 2.38. The third-order valence-corrected chi connectivity index (χ3v) is 8.99. The topological polar surface area (TPSA) is 73.0 Å². The van der Waals surface area contributed by atoms with E-state index in [1.54, 1.807) is 4.90 Å². The van der Waals surface area contributed by atoms with E-state index in [9.17, 15) is 14.4 Å². The number of rotatable bonds is 3. The summed E-state index contributed by atoms with van der Waals surface area (Å²) in [5.41, 5.74) is 0.768. The number of piperidine rings is 1. The fraction of sp³-hybridized carbons (Fsp3) is 0.640. The van der Waals surface area contributed by atoms with Gasteiger partial charge in [-0.3, -0.25) is 19.3 Å². The van der Waals surface area contributed by atoms with Crippen LogP contribution in [-0.4, -0.2) is 83.0 Å². The summed E-state index contributed by atoms with van der Waals surface area (Å²) in [6, 6.07) is 8.29. The molecular formula is C25H34N4O3S. The van der Waals surface area contributed by atoms with Crippen LogP contribution >= 0.6 is 11.8 Å². The molecule has 3 heterocycles. The molecule has 7 nitrogen and oxygen atoms in total. The Kier molecular flexibility index (Phi) is 6.92. The molecule has 178 valence electrons. The Balaban J connectivity index is 1.10. The highest BCUT2D eigenvalue weighted by atomic mass is 32.2. The van der Waals surface area contributed by atoms with E-state index < -0.39 is 5.25 Å². The zero-order chi connectivity index (χ0) is 22.8. The zero-order valence-electron chi connectivity index (χ0n) is 19.2. The van der Waals surface area contributed by atoms with E-state index in [4.69, 9.17) is 0 Å². The molecule has 3 fully saturated rings. The lowest BCUT2D eigenvalue weighted by Crippen LogP contribution is -2.54. The lowest BCUT2D eigenvalue weighted by atomic mass is 9.93. The first-order chi connectivity index (χ1) is 16.1. The Morgan fingerprint density at radius 2 is 1.48 bits per heavy atom. The van der Waals surface area contributed by atoms with E-state index >= 15 is 0 Å². The van der Waals surface area contributed by atoms with Gasteiger partial charge in [0.15, 0.2) is 5.25 Å². The second-order valence-corrected chi connectivity index (χ2v) is 10.9. The van der Waals surface area contributed by atoms with Crippen LogP contribution in [0.4, 0.5) is 5.69 Å². The van der Waals surface area contributed by atoms with Crippen LogP contribution in [0.1, 0.15) is 44.9 Å². The van der Waals surface area contributed by atoms with E-state index in [0.29, 0.717) is 32.0 Å². The maximum Gasteiger partial charge on any atom is 0.247 e. The number of hydrogen-bond acceptors (Lipinski definition) is 5. The molecule has 3 aliphatic heterocycles. The van der Waals surface area contributed by atoms with Gasteiger partial charge in [0.2, 0.25) is 17.7 Å². The molecule has 1 atom stereocenters. The van der Waals surface area contributed by atoms with Gasteiger partial charge in [0, 0.05) is 56.1 Å². The third kappa shape index (κ3) is 4.92. The predicted molar refractivity (Wildman–Crippen MR) is 129 cm³/mol.